The highest BCUT2D eigenvalue weighted by atomic mass is 35.5. The monoisotopic (exact) mass is 339 g/mol. The Hall–Kier alpha value is -2.05. The van der Waals surface area contributed by atoms with Crippen molar-refractivity contribution in [1.82, 2.24) is 0 Å². The zero-order valence-corrected chi connectivity index (χ0v) is 13.5. The summed E-state index contributed by atoms with van der Waals surface area (Å²) >= 11 is 5.88. The summed E-state index contributed by atoms with van der Waals surface area (Å²) in [5, 5.41) is 9.50. The molecule has 2 aromatic rings. The van der Waals surface area contributed by atoms with Gasteiger partial charge in [0.1, 0.15) is 0 Å². The van der Waals surface area contributed by atoms with E-state index in [-0.39, 0.29) is 16.1 Å². The van der Waals surface area contributed by atoms with Crippen molar-refractivity contribution >= 4 is 33.3 Å². The maximum atomic E-state index is 12.8. The Morgan fingerprint density at radius 1 is 1.18 bits per heavy atom. The minimum atomic E-state index is -3.92. The summed E-state index contributed by atoms with van der Waals surface area (Å²) in [5.74, 6) is -1.19. The Morgan fingerprint density at radius 2 is 1.82 bits per heavy atom. The first kappa shape index (κ1) is 16.3. The fraction of sp³-hybridized carbons (Fsp3) is 0.133. The zero-order valence-electron chi connectivity index (χ0n) is 11.9. The van der Waals surface area contributed by atoms with Crippen LogP contribution in [0.2, 0.25) is 5.02 Å². The lowest BCUT2D eigenvalue weighted by molar-refractivity contribution is 0.0698. The van der Waals surface area contributed by atoms with E-state index < -0.39 is 16.0 Å². The SMILES string of the molecule is Cc1ccc(Cl)cc1S(=O)(=O)N(C)c1ccccc1C(=O)O. The third-order valence-corrected chi connectivity index (χ3v) is 5.41. The fourth-order valence-corrected chi connectivity index (χ4v) is 3.76. The Labute approximate surface area is 133 Å². The minimum Gasteiger partial charge on any atom is -0.478 e. The molecule has 2 rings (SSSR count). The molecular weight excluding hydrogens is 326 g/mol. The number of carboxylic acid groups (broad SMARTS) is 1. The van der Waals surface area contributed by atoms with Gasteiger partial charge in [0.2, 0.25) is 0 Å². The molecule has 1 N–H and O–H groups in total. The van der Waals surface area contributed by atoms with Crippen LogP contribution in [-0.2, 0) is 10.0 Å². The molecule has 0 saturated carbocycles. The average molecular weight is 340 g/mol. The molecule has 0 saturated heterocycles. The minimum absolute atomic E-state index is 0.0442. The van der Waals surface area contributed by atoms with Gasteiger partial charge in [0, 0.05) is 12.1 Å². The molecule has 5 nitrogen and oxygen atoms in total. The second-order valence-electron chi connectivity index (χ2n) is 4.70. The number of sulfonamides is 1. The molecule has 2 aromatic carbocycles. The van der Waals surface area contributed by atoms with Gasteiger partial charge < -0.3 is 5.11 Å². The molecule has 0 radical (unpaired) electrons. The van der Waals surface area contributed by atoms with Crippen LogP contribution < -0.4 is 4.31 Å². The standard InChI is InChI=1S/C15H14ClNO4S/c1-10-7-8-11(16)9-14(10)22(20,21)17(2)13-6-4-3-5-12(13)15(18)19/h3-9H,1-2H3,(H,18,19). The number of aryl methyl sites for hydroxylation is 1. The Balaban J connectivity index is 2.60. The predicted molar refractivity (Wildman–Crippen MR) is 85.2 cm³/mol. The van der Waals surface area contributed by atoms with Crippen molar-refractivity contribution < 1.29 is 18.3 Å². The normalized spacial score (nSPS) is 11.2. The van der Waals surface area contributed by atoms with Gasteiger partial charge in [-0.25, -0.2) is 13.2 Å². The molecule has 0 aliphatic heterocycles. The largest absolute Gasteiger partial charge is 0.478 e. The van der Waals surface area contributed by atoms with Crippen LogP contribution in [0.3, 0.4) is 0 Å². The number of anilines is 1. The predicted octanol–water partition coefficient (Wildman–Crippen LogP) is 3.17. The van der Waals surface area contributed by atoms with Crippen LogP contribution >= 0.6 is 11.6 Å². The zero-order chi connectivity index (χ0) is 16.5. The molecule has 0 atom stereocenters. The second kappa shape index (κ2) is 5.98. The highest BCUT2D eigenvalue weighted by Gasteiger charge is 2.26. The van der Waals surface area contributed by atoms with Gasteiger partial charge in [-0.3, -0.25) is 4.31 Å². The van der Waals surface area contributed by atoms with Crippen LogP contribution in [0.25, 0.3) is 0 Å². The number of halogens is 1. The molecule has 22 heavy (non-hydrogen) atoms. The van der Waals surface area contributed by atoms with Gasteiger partial charge in [-0.2, -0.15) is 0 Å². The average Bonchev–Trinajstić information content (AvgIpc) is 2.48. The molecular formula is C15H14ClNO4S. The topological polar surface area (TPSA) is 74.7 Å². The van der Waals surface area contributed by atoms with E-state index in [0.29, 0.717) is 10.6 Å². The van der Waals surface area contributed by atoms with Crippen molar-refractivity contribution in [2.75, 3.05) is 11.4 Å². The quantitative estimate of drug-likeness (QED) is 0.928. The first-order chi connectivity index (χ1) is 10.2. The number of hydrogen-bond donors (Lipinski definition) is 1. The summed E-state index contributed by atoms with van der Waals surface area (Å²) in [6.07, 6.45) is 0. The van der Waals surface area contributed by atoms with Crippen molar-refractivity contribution in [3.8, 4) is 0 Å². The number of aromatic carboxylic acids is 1. The molecule has 0 heterocycles. The highest BCUT2D eigenvalue weighted by Crippen LogP contribution is 2.28. The Kier molecular flexibility index (Phi) is 4.44. The fourth-order valence-electron chi connectivity index (χ4n) is 2.06. The number of para-hydroxylation sites is 1. The maximum Gasteiger partial charge on any atom is 0.337 e. The summed E-state index contributed by atoms with van der Waals surface area (Å²) in [4.78, 5) is 11.3. The molecule has 0 amide bonds. The van der Waals surface area contributed by atoms with E-state index in [0.717, 1.165) is 4.31 Å². The van der Waals surface area contributed by atoms with Crippen LogP contribution in [-0.4, -0.2) is 26.5 Å². The van der Waals surface area contributed by atoms with Crippen molar-refractivity contribution in [1.29, 1.82) is 0 Å². The van der Waals surface area contributed by atoms with Crippen molar-refractivity contribution in [2.45, 2.75) is 11.8 Å². The third kappa shape index (κ3) is 2.93. The van der Waals surface area contributed by atoms with Gasteiger partial charge in [-0.15, -0.1) is 0 Å². The molecule has 0 unspecified atom stereocenters. The molecule has 7 heteroatoms. The molecule has 116 valence electrons. The van der Waals surface area contributed by atoms with Gasteiger partial charge in [0.05, 0.1) is 16.1 Å². The number of carboxylic acids is 1. The van der Waals surface area contributed by atoms with Gasteiger partial charge in [0.25, 0.3) is 10.0 Å². The van der Waals surface area contributed by atoms with Crippen molar-refractivity contribution in [2.24, 2.45) is 0 Å². The molecule has 0 aliphatic carbocycles. The van der Waals surface area contributed by atoms with Gasteiger partial charge >= 0.3 is 5.97 Å². The van der Waals surface area contributed by atoms with E-state index in [1.54, 1.807) is 25.1 Å². The molecule has 0 spiro atoms. The number of rotatable bonds is 4. The number of benzene rings is 2. The first-order valence-electron chi connectivity index (χ1n) is 6.32. The third-order valence-electron chi connectivity index (χ3n) is 3.26. The highest BCUT2D eigenvalue weighted by molar-refractivity contribution is 7.92. The van der Waals surface area contributed by atoms with E-state index in [1.165, 1.54) is 31.3 Å². The van der Waals surface area contributed by atoms with E-state index >= 15 is 0 Å². The van der Waals surface area contributed by atoms with E-state index in [2.05, 4.69) is 0 Å². The number of carbonyl (C=O) groups is 1. The lowest BCUT2D eigenvalue weighted by Gasteiger charge is -2.22. The lowest BCUT2D eigenvalue weighted by atomic mass is 10.2. The molecule has 0 bridgehead atoms. The van der Waals surface area contributed by atoms with Crippen LogP contribution in [0, 0.1) is 6.92 Å². The molecule has 0 aromatic heterocycles. The van der Waals surface area contributed by atoms with Crippen molar-refractivity contribution in [3.63, 3.8) is 0 Å². The summed E-state index contributed by atoms with van der Waals surface area (Å²) in [7, 11) is -2.60. The molecule has 0 fully saturated rings. The van der Waals surface area contributed by atoms with Crippen LogP contribution in [0.15, 0.2) is 47.4 Å². The number of hydrogen-bond acceptors (Lipinski definition) is 3. The summed E-state index contributed by atoms with van der Waals surface area (Å²) in [6, 6.07) is 10.5. The maximum absolute atomic E-state index is 12.8. The van der Waals surface area contributed by atoms with Gasteiger partial charge in [0.15, 0.2) is 0 Å². The van der Waals surface area contributed by atoms with Crippen LogP contribution in [0.4, 0.5) is 5.69 Å². The second-order valence-corrected chi connectivity index (χ2v) is 7.08. The van der Waals surface area contributed by atoms with Gasteiger partial charge in [-0.05, 0) is 36.8 Å². The summed E-state index contributed by atoms with van der Waals surface area (Å²) in [6.45, 7) is 1.65. The number of nitrogens with zero attached hydrogens (tertiary/aromatic N) is 1. The van der Waals surface area contributed by atoms with E-state index in [1.807, 2.05) is 0 Å². The Bertz CT molecular complexity index is 833. The Morgan fingerprint density at radius 3 is 2.45 bits per heavy atom. The summed E-state index contributed by atoms with van der Waals surface area (Å²) < 4.78 is 26.5. The van der Waals surface area contributed by atoms with Crippen LogP contribution in [0.5, 0.6) is 0 Å². The van der Waals surface area contributed by atoms with E-state index in [9.17, 15) is 18.3 Å². The summed E-state index contributed by atoms with van der Waals surface area (Å²) in [5.41, 5.74) is 0.534. The van der Waals surface area contributed by atoms with Crippen molar-refractivity contribution in [3.05, 3.63) is 58.6 Å². The van der Waals surface area contributed by atoms with E-state index in [4.69, 9.17) is 11.6 Å². The van der Waals surface area contributed by atoms with Gasteiger partial charge in [-0.1, -0.05) is 29.8 Å². The first-order valence-corrected chi connectivity index (χ1v) is 8.14. The lowest BCUT2D eigenvalue weighted by Crippen LogP contribution is -2.28. The smallest absolute Gasteiger partial charge is 0.337 e. The molecule has 0 aliphatic rings. The van der Waals surface area contributed by atoms with Crippen LogP contribution in [0.1, 0.15) is 15.9 Å².